The van der Waals surface area contributed by atoms with Crippen molar-refractivity contribution >= 4 is 23.6 Å². The Balaban J connectivity index is 1.76. The standard InChI is InChI=1S/C26H35NO7/c1-26(2)18-34-22(28)13-5-3-4-8-15-32-20-11-9-10-19(16-20)17-33-25(31)21-12-6-7-14-27(21)24(30)23(26)29/h9-11,16,21H,3-8,12-15,17-18H2,1-2H3. The Bertz CT molecular complexity index is 895. The number of benzene rings is 1. The van der Waals surface area contributed by atoms with E-state index in [0.717, 1.165) is 31.2 Å². The Labute approximate surface area is 200 Å². The molecule has 0 aromatic heterocycles. The molecule has 186 valence electrons. The second-order valence-electron chi connectivity index (χ2n) is 9.65. The SMILES string of the molecule is CC1(C)COC(=O)CCCCCCOc2cccc(c2)COC(=O)C2CCCCN2C(=O)C1=O. The molecule has 0 radical (unpaired) electrons. The number of piperidine rings is 1. The first-order valence-corrected chi connectivity index (χ1v) is 12.2. The predicted molar refractivity (Wildman–Crippen MR) is 124 cm³/mol. The smallest absolute Gasteiger partial charge is 0.329 e. The lowest BCUT2D eigenvalue weighted by atomic mass is 9.87. The molecule has 0 spiro atoms. The third-order valence-electron chi connectivity index (χ3n) is 6.26. The highest BCUT2D eigenvalue weighted by Gasteiger charge is 2.42. The zero-order valence-electron chi connectivity index (χ0n) is 20.2. The van der Waals surface area contributed by atoms with Crippen LogP contribution in [0.3, 0.4) is 0 Å². The Morgan fingerprint density at radius 2 is 1.71 bits per heavy atom. The van der Waals surface area contributed by atoms with E-state index in [0.29, 0.717) is 38.2 Å². The van der Waals surface area contributed by atoms with Crippen LogP contribution in [0.15, 0.2) is 24.3 Å². The van der Waals surface area contributed by atoms with E-state index < -0.39 is 29.1 Å². The summed E-state index contributed by atoms with van der Waals surface area (Å²) in [5.74, 6) is -1.61. The average Bonchev–Trinajstić information content (AvgIpc) is 2.84. The van der Waals surface area contributed by atoms with Gasteiger partial charge in [0.15, 0.2) is 0 Å². The maximum absolute atomic E-state index is 13.1. The Kier molecular flexibility index (Phi) is 9.07. The lowest BCUT2D eigenvalue weighted by Gasteiger charge is -2.35. The molecule has 8 heteroatoms. The molecule has 1 atom stereocenters. The number of cyclic esters (lactones) is 2. The van der Waals surface area contributed by atoms with Crippen molar-refractivity contribution < 1.29 is 33.4 Å². The fourth-order valence-corrected chi connectivity index (χ4v) is 4.13. The molecule has 2 aliphatic rings. The zero-order chi connectivity index (χ0) is 24.6. The molecule has 1 amide bonds. The minimum absolute atomic E-state index is 0.0595. The molecular formula is C26H35NO7. The largest absolute Gasteiger partial charge is 0.494 e. The van der Waals surface area contributed by atoms with E-state index in [-0.39, 0.29) is 25.6 Å². The van der Waals surface area contributed by atoms with E-state index in [1.807, 2.05) is 24.3 Å². The van der Waals surface area contributed by atoms with Gasteiger partial charge in [0, 0.05) is 13.0 Å². The van der Waals surface area contributed by atoms with Crippen LogP contribution < -0.4 is 4.74 Å². The summed E-state index contributed by atoms with van der Waals surface area (Å²) in [6.45, 7) is 3.92. The molecule has 1 saturated heterocycles. The predicted octanol–water partition coefficient (Wildman–Crippen LogP) is 3.59. The number of hydrogen-bond donors (Lipinski definition) is 0. The molecule has 1 aromatic rings. The second-order valence-corrected chi connectivity index (χ2v) is 9.65. The van der Waals surface area contributed by atoms with Gasteiger partial charge in [-0.05, 0) is 63.6 Å². The van der Waals surface area contributed by atoms with Crippen molar-refractivity contribution in [3.63, 3.8) is 0 Å². The van der Waals surface area contributed by atoms with Crippen molar-refractivity contribution in [2.24, 2.45) is 5.41 Å². The minimum atomic E-state index is -1.19. The van der Waals surface area contributed by atoms with Gasteiger partial charge in [0.25, 0.3) is 5.91 Å². The van der Waals surface area contributed by atoms with Crippen LogP contribution in [0.2, 0.25) is 0 Å². The van der Waals surface area contributed by atoms with Gasteiger partial charge in [0.2, 0.25) is 5.78 Å². The monoisotopic (exact) mass is 473 g/mol. The number of hydrogen-bond acceptors (Lipinski definition) is 7. The zero-order valence-corrected chi connectivity index (χ0v) is 20.2. The van der Waals surface area contributed by atoms with E-state index >= 15 is 0 Å². The molecule has 2 heterocycles. The van der Waals surface area contributed by atoms with Gasteiger partial charge in [-0.3, -0.25) is 14.4 Å². The molecule has 0 N–H and O–H groups in total. The molecular weight excluding hydrogens is 438 g/mol. The van der Waals surface area contributed by atoms with E-state index in [2.05, 4.69) is 0 Å². The summed E-state index contributed by atoms with van der Waals surface area (Å²) in [5, 5.41) is 0. The molecule has 1 unspecified atom stereocenters. The summed E-state index contributed by atoms with van der Waals surface area (Å²) < 4.78 is 16.6. The van der Waals surface area contributed by atoms with Crippen molar-refractivity contribution in [3.8, 4) is 5.75 Å². The molecule has 34 heavy (non-hydrogen) atoms. The molecule has 2 aliphatic heterocycles. The molecule has 2 bridgehead atoms. The van der Waals surface area contributed by atoms with Crippen LogP contribution in [0.5, 0.6) is 5.75 Å². The maximum atomic E-state index is 13.1. The van der Waals surface area contributed by atoms with E-state index in [1.54, 1.807) is 13.8 Å². The minimum Gasteiger partial charge on any atom is -0.494 e. The number of amides is 1. The summed E-state index contributed by atoms with van der Waals surface area (Å²) in [6.07, 6.45) is 5.51. The van der Waals surface area contributed by atoms with Crippen LogP contribution in [-0.2, 0) is 35.3 Å². The fraction of sp³-hybridized carbons (Fsp3) is 0.615. The Hall–Kier alpha value is -2.90. The third kappa shape index (κ3) is 7.05. The fourth-order valence-electron chi connectivity index (χ4n) is 4.13. The number of ketones is 1. The highest BCUT2D eigenvalue weighted by molar-refractivity contribution is 6.38. The van der Waals surface area contributed by atoms with Crippen LogP contribution in [-0.4, -0.2) is 54.3 Å². The summed E-state index contributed by atoms with van der Waals surface area (Å²) in [5.41, 5.74) is -0.395. The van der Waals surface area contributed by atoms with Gasteiger partial charge in [-0.1, -0.05) is 25.0 Å². The quantitative estimate of drug-likeness (QED) is 0.419. The first-order chi connectivity index (χ1) is 16.3. The number of Topliss-reactive ketones (excluding diaryl/α,β-unsaturated/α-hetero) is 1. The first kappa shape index (κ1) is 25.7. The maximum Gasteiger partial charge on any atom is 0.329 e. The molecule has 1 aromatic carbocycles. The van der Waals surface area contributed by atoms with Gasteiger partial charge in [-0.25, -0.2) is 4.79 Å². The molecule has 0 saturated carbocycles. The number of carbonyl (C=O) groups is 4. The van der Waals surface area contributed by atoms with Crippen molar-refractivity contribution in [1.29, 1.82) is 0 Å². The van der Waals surface area contributed by atoms with Crippen LogP contribution >= 0.6 is 0 Å². The van der Waals surface area contributed by atoms with Crippen LogP contribution in [0, 0.1) is 5.41 Å². The normalized spacial score (nSPS) is 23.6. The average molecular weight is 474 g/mol. The summed E-state index contributed by atoms with van der Waals surface area (Å²) in [4.78, 5) is 52.4. The number of nitrogens with zero attached hydrogens (tertiary/aromatic N) is 1. The van der Waals surface area contributed by atoms with Gasteiger partial charge >= 0.3 is 11.9 Å². The van der Waals surface area contributed by atoms with E-state index in [1.165, 1.54) is 4.90 Å². The van der Waals surface area contributed by atoms with Crippen molar-refractivity contribution in [3.05, 3.63) is 29.8 Å². The van der Waals surface area contributed by atoms with E-state index in [9.17, 15) is 19.2 Å². The lowest BCUT2D eigenvalue weighted by molar-refractivity contribution is -0.163. The van der Waals surface area contributed by atoms with Crippen molar-refractivity contribution in [2.45, 2.75) is 77.9 Å². The van der Waals surface area contributed by atoms with Gasteiger partial charge in [0.05, 0.1) is 12.0 Å². The number of carbonyl (C=O) groups excluding carboxylic acids is 4. The Morgan fingerprint density at radius 3 is 2.53 bits per heavy atom. The summed E-state index contributed by atoms with van der Waals surface area (Å²) in [6, 6.07) is 6.57. The second kappa shape index (κ2) is 12.0. The third-order valence-corrected chi connectivity index (χ3v) is 6.26. The van der Waals surface area contributed by atoms with Crippen LogP contribution in [0.1, 0.15) is 70.8 Å². The highest BCUT2D eigenvalue weighted by Crippen LogP contribution is 2.25. The van der Waals surface area contributed by atoms with Crippen molar-refractivity contribution in [1.82, 2.24) is 4.90 Å². The van der Waals surface area contributed by atoms with Gasteiger partial charge in [-0.15, -0.1) is 0 Å². The first-order valence-electron chi connectivity index (χ1n) is 12.2. The lowest BCUT2D eigenvalue weighted by Crippen LogP contribution is -2.53. The van der Waals surface area contributed by atoms with Gasteiger partial charge < -0.3 is 19.1 Å². The van der Waals surface area contributed by atoms with Crippen LogP contribution in [0.25, 0.3) is 0 Å². The van der Waals surface area contributed by atoms with Crippen molar-refractivity contribution in [2.75, 3.05) is 19.8 Å². The molecule has 1 fully saturated rings. The number of rotatable bonds is 0. The molecule has 8 nitrogen and oxygen atoms in total. The van der Waals surface area contributed by atoms with Crippen LogP contribution in [0.4, 0.5) is 0 Å². The topological polar surface area (TPSA) is 99.2 Å². The Morgan fingerprint density at radius 1 is 0.912 bits per heavy atom. The molecule has 3 rings (SSSR count). The molecule has 0 aliphatic carbocycles. The highest BCUT2D eigenvalue weighted by atomic mass is 16.5. The summed E-state index contributed by atoms with van der Waals surface area (Å²) >= 11 is 0. The number of fused-ring (bicyclic) bond motifs is 3. The van der Waals surface area contributed by atoms with E-state index in [4.69, 9.17) is 14.2 Å². The number of esters is 2. The number of ether oxygens (including phenoxy) is 3. The van der Waals surface area contributed by atoms with Gasteiger partial charge in [-0.2, -0.15) is 0 Å². The van der Waals surface area contributed by atoms with Gasteiger partial charge in [0.1, 0.15) is 25.0 Å². The summed E-state index contributed by atoms with van der Waals surface area (Å²) in [7, 11) is 0.